The van der Waals surface area contributed by atoms with Gasteiger partial charge >= 0.3 is 5.97 Å². The summed E-state index contributed by atoms with van der Waals surface area (Å²) < 4.78 is 25.4. The fourth-order valence-corrected chi connectivity index (χ4v) is 1.05. The number of hydrogen-bond donors (Lipinski definition) is 1. The molecule has 1 aromatic rings. The summed E-state index contributed by atoms with van der Waals surface area (Å²) in [6.07, 6.45) is -0.508. The summed E-state index contributed by atoms with van der Waals surface area (Å²) in [4.78, 5) is 10.2. The zero-order valence-corrected chi connectivity index (χ0v) is 7.11. The largest absolute Gasteiger partial charge is 0.481 e. The van der Waals surface area contributed by atoms with Gasteiger partial charge in [-0.05, 0) is 6.07 Å². The van der Waals surface area contributed by atoms with Crippen LogP contribution in [0.25, 0.3) is 0 Å². The van der Waals surface area contributed by atoms with Crippen molar-refractivity contribution < 1.29 is 18.7 Å². The second-order valence-corrected chi connectivity index (χ2v) is 2.84. The molecule has 0 radical (unpaired) electrons. The van der Waals surface area contributed by atoms with E-state index < -0.39 is 24.0 Å². The molecule has 1 aromatic carbocycles. The first kappa shape index (κ1) is 9.92. The predicted molar refractivity (Wildman–Crippen MR) is 42.7 cm³/mol. The van der Waals surface area contributed by atoms with Gasteiger partial charge in [-0.1, -0.05) is 11.6 Å². The Labute approximate surface area is 77.8 Å². The Kier molecular flexibility index (Phi) is 2.83. The van der Waals surface area contributed by atoms with Gasteiger partial charge in [0.15, 0.2) is 0 Å². The van der Waals surface area contributed by atoms with Crippen LogP contribution >= 0.6 is 11.6 Å². The van der Waals surface area contributed by atoms with Crippen LogP contribution in [0.1, 0.15) is 5.56 Å². The van der Waals surface area contributed by atoms with E-state index in [0.717, 1.165) is 6.07 Å². The van der Waals surface area contributed by atoms with Crippen LogP contribution in [0.3, 0.4) is 0 Å². The minimum absolute atomic E-state index is 0.126. The van der Waals surface area contributed by atoms with Gasteiger partial charge in [-0.2, -0.15) is 0 Å². The molecule has 1 rings (SSSR count). The Bertz CT molecular complexity index is 352. The third-order valence-electron chi connectivity index (χ3n) is 1.43. The molecule has 0 heterocycles. The highest BCUT2D eigenvalue weighted by atomic mass is 35.5. The van der Waals surface area contributed by atoms with Crippen molar-refractivity contribution in [3.63, 3.8) is 0 Å². The van der Waals surface area contributed by atoms with Gasteiger partial charge in [0.2, 0.25) is 0 Å². The Morgan fingerprint density at radius 3 is 2.54 bits per heavy atom. The summed E-state index contributed by atoms with van der Waals surface area (Å²) in [5, 5.41) is 8.07. The molecule has 1 N–H and O–H groups in total. The zero-order chi connectivity index (χ0) is 10.0. The van der Waals surface area contributed by atoms with Gasteiger partial charge in [0.1, 0.15) is 11.6 Å². The highest BCUT2D eigenvalue weighted by Crippen LogP contribution is 2.19. The van der Waals surface area contributed by atoms with Crippen molar-refractivity contribution in [1.29, 1.82) is 0 Å². The maximum absolute atomic E-state index is 12.8. The second kappa shape index (κ2) is 3.70. The van der Waals surface area contributed by atoms with Crippen LogP contribution < -0.4 is 0 Å². The highest BCUT2D eigenvalue weighted by molar-refractivity contribution is 6.30. The van der Waals surface area contributed by atoms with E-state index >= 15 is 0 Å². The third kappa shape index (κ3) is 2.39. The van der Waals surface area contributed by atoms with Crippen LogP contribution in [0.4, 0.5) is 8.78 Å². The quantitative estimate of drug-likeness (QED) is 0.754. The predicted octanol–water partition coefficient (Wildman–Crippen LogP) is 2.25. The number of benzene rings is 1. The number of aliphatic carboxylic acids is 1. The first-order valence-electron chi connectivity index (χ1n) is 3.36. The maximum Gasteiger partial charge on any atom is 0.307 e. The number of halogens is 3. The molecule has 0 aliphatic heterocycles. The third-order valence-corrected chi connectivity index (χ3v) is 1.72. The molecule has 0 atom stereocenters. The molecule has 0 aliphatic carbocycles. The summed E-state index contributed by atoms with van der Waals surface area (Å²) >= 11 is 5.33. The molecule has 0 spiro atoms. The summed E-state index contributed by atoms with van der Waals surface area (Å²) in [6.45, 7) is 0. The van der Waals surface area contributed by atoms with Crippen LogP contribution in [-0.4, -0.2) is 11.1 Å². The molecule has 0 aromatic heterocycles. The van der Waals surface area contributed by atoms with E-state index in [1.54, 1.807) is 0 Å². The average Bonchev–Trinajstić information content (AvgIpc) is 1.99. The number of hydrogen-bond acceptors (Lipinski definition) is 1. The molecule has 5 heteroatoms. The molecule has 0 saturated heterocycles. The van der Waals surface area contributed by atoms with E-state index in [2.05, 4.69) is 0 Å². The van der Waals surface area contributed by atoms with E-state index in [4.69, 9.17) is 16.7 Å². The average molecular weight is 207 g/mol. The minimum atomic E-state index is -1.19. The molecule has 0 amide bonds. The molecule has 0 saturated carbocycles. The molecule has 0 aliphatic rings. The normalized spacial score (nSPS) is 10.1. The van der Waals surface area contributed by atoms with Crippen LogP contribution in [0.15, 0.2) is 12.1 Å². The Hall–Kier alpha value is -1.16. The summed E-state index contributed by atoms with van der Waals surface area (Å²) in [5.74, 6) is -2.99. The fourth-order valence-electron chi connectivity index (χ4n) is 0.862. The fraction of sp³-hybridized carbons (Fsp3) is 0.125. The van der Waals surface area contributed by atoms with Crippen molar-refractivity contribution in [3.8, 4) is 0 Å². The van der Waals surface area contributed by atoms with E-state index in [1.807, 2.05) is 0 Å². The lowest BCUT2D eigenvalue weighted by molar-refractivity contribution is -0.136. The van der Waals surface area contributed by atoms with E-state index in [1.165, 1.54) is 0 Å². The van der Waals surface area contributed by atoms with Crippen molar-refractivity contribution >= 4 is 17.6 Å². The van der Waals surface area contributed by atoms with Crippen molar-refractivity contribution in [2.45, 2.75) is 6.42 Å². The van der Waals surface area contributed by atoms with Gasteiger partial charge in [-0.15, -0.1) is 0 Å². The lowest BCUT2D eigenvalue weighted by Gasteiger charge is -2.01. The van der Waals surface area contributed by atoms with Gasteiger partial charge in [0, 0.05) is 11.6 Å². The summed E-state index contributed by atoms with van der Waals surface area (Å²) in [7, 11) is 0. The zero-order valence-electron chi connectivity index (χ0n) is 6.35. The van der Waals surface area contributed by atoms with Crippen molar-refractivity contribution in [3.05, 3.63) is 34.4 Å². The van der Waals surface area contributed by atoms with Gasteiger partial charge < -0.3 is 5.11 Å². The molecular formula is C8H5ClF2O2. The maximum atomic E-state index is 12.8. The molecule has 70 valence electrons. The number of carboxylic acid groups (broad SMARTS) is 1. The number of carbonyl (C=O) groups is 1. The Morgan fingerprint density at radius 2 is 2.00 bits per heavy atom. The number of rotatable bonds is 2. The SMILES string of the molecule is O=C(O)Cc1cc(Cl)c(F)cc1F. The Morgan fingerprint density at radius 1 is 1.38 bits per heavy atom. The summed E-state index contributed by atoms with van der Waals surface area (Å²) in [5.41, 5.74) is -0.126. The van der Waals surface area contributed by atoms with Gasteiger partial charge in [0.05, 0.1) is 11.4 Å². The van der Waals surface area contributed by atoms with Crippen LogP contribution in [-0.2, 0) is 11.2 Å². The van der Waals surface area contributed by atoms with E-state index in [-0.39, 0.29) is 10.6 Å². The van der Waals surface area contributed by atoms with Crippen LogP contribution in [0.5, 0.6) is 0 Å². The van der Waals surface area contributed by atoms with Gasteiger partial charge in [-0.25, -0.2) is 8.78 Å². The first-order chi connectivity index (χ1) is 6.00. The van der Waals surface area contributed by atoms with Crippen LogP contribution in [0.2, 0.25) is 5.02 Å². The monoisotopic (exact) mass is 206 g/mol. The van der Waals surface area contributed by atoms with Crippen molar-refractivity contribution in [1.82, 2.24) is 0 Å². The lowest BCUT2D eigenvalue weighted by Crippen LogP contribution is -2.03. The van der Waals surface area contributed by atoms with Crippen molar-refractivity contribution in [2.75, 3.05) is 0 Å². The standard InChI is InChI=1S/C8H5ClF2O2/c9-5-1-4(2-8(12)13)6(10)3-7(5)11/h1,3H,2H2,(H,12,13). The van der Waals surface area contributed by atoms with Crippen molar-refractivity contribution in [2.24, 2.45) is 0 Å². The van der Waals surface area contributed by atoms with Crippen LogP contribution in [0, 0.1) is 11.6 Å². The lowest BCUT2D eigenvalue weighted by atomic mass is 10.1. The summed E-state index contributed by atoms with van der Waals surface area (Å²) in [6, 6.07) is 1.54. The topological polar surface area (TPSA) is 37.3 Å². The molecular weight excluding hydrogens is 202 g/mol. The first-order valence-corrected chi connectivity index (χ1v) is 3.73. The molecule has 13 heavy (non-hydrogen) atoms. The smallest absolute Gasteiger partial charge is 0.307 e. The second-order valence-electron chi connectivity index (χ2n) is 2.43. The molecule has 2 nitrogen and oxygen atoms in total. The minimum Gasteiger partial charge on any atom is -0.481 e. The molecule has 0 fully saturated rings. The highest BCUT2D eigenvalue weighted by Gasteiger charge is 2.10. The number of carboxylic acids is 1. The molecule has 0 bridgehead atoms. The van der Waals surface area contributed by atoms with E-state index in [0.29, 0.717) is 6.07 Å². The molecule has 0 unspecified atom stereocenters. The van der Waals surface area contributed by atoms with Gasteiger partial charge in [0.25, 0.3) is 0 Å². The Balaban J connectivity index is 3.08. The van der Waals surface area contributed by atoms with Gasteiger partial charge in [-0.3, -0.25) is 4.79 Å². The van der Waals surface area contributed by atoms with E-state index in [9.17, 15) is 13.6 Å².